The van der Waals surface area contributed by atoms with E-state index in [9.17, 15) is 13.6 Å². The van der Waals surface area contributed by atoms with Crippen molar-refractivity contribution in [1.29, 1.82) is 0 Å². The minimum Gasteiger partial charge on any atom is -0.385 e. The molecule has 4 rings (SSSR count). The van der Waals surface area contributed by atoms with Gasteiger partial charge in [0.2, 0.25) is 0 Å². The van der Waals surface area contributed by atoms with E-state index in [2.05, 4.69) is 61.3 Å². The number of aliphatic imine (C=N–C) groups is 1. The molecule has 1 aliphatic heterocycles. The Balaban J connectivity index is 1.56. The first-order chi connectivity index (χ1) is 16.1. The van der Waals surface area contributed by atoms with E-state index in [0.717, 1.165) is 6.04 Å². The molecule has 1 aromatic carbocycles. The molecule has 13 heteroatoms. The Bertz CT molecular complexity index is 1090. The molecule has 1 aliphatic carbocycles. The Morgan fingerprint density at radius 2 is 2.21 bits per heavy atom. The van der Waals surface area contributed by atoms with Crippen molar-refractivity contribution in [3.63, 3.8) is 0 Å². The molecule has 8 nitrogen and oxygen atoms in total. The molecule has 0 unspecified atom stereocenters. The molecule has 0 spiro atoms. The average molecular weight is 575 g/mol. The fourth-order valence-corrected chi connectivity index (χ4v) is 6.61. The maximum absolute atomic E-state index is 14.9. The van der Waals surface area contributed by atoms with Gasteiger partial charge in [0, 0.05) is 30.6 Å². The number of carbonyl (C=O) groups excluding carboxylic acids is 1. The zero-order valence-corrected chi connectivity index (χ0v) is 22.4. The van der Waals surface area contributed by atoms with Crippen LogP contribution in [-0.4, -0.2) is 54.8 Å². The number of hydrogen-bond acceptors (Lipinski definition) is 7. The minimum absolute atomic E-state index is 0.0210. The first-order valence-corrected chi connectivity index (χ1v) is 16.1. The van der Waals surface area contributed by atoms with Crippen LogP contribution in [0, 0.1) is 11.7 Å². The number of aromatic nitrogens is 3. The van der Waals surface area contributed by atoms with E-state index < -0.39 is 42.9 Å². The maximum Gasteiger partial charge on any atom is 0.416 e. The van der Waals surface area contributed by atoms with Gasteiger partial charge in [-0.15, -0.1) is 0 Å². The van der Waals surface area contributed by atoms with E-state index in [1.807, 2.05) is 0 Å². The summed E-state index contributed by atoms with van der Waals surface area (Å²) in [5, 5.41) is 13.1. The van der Waals surface area contributed by atoms with Crippen LogP contribution in [0.4, 0.5) is 13.6 Å². The molecule has 2 aliphatic rings. The number of fused-ring (bicyclic) bond motifs is 1. The summed E-state index contributed by atoms with van der Waals surface area (Å²) in [6.45, 7) is 6.24. The van der Waals surface area contributed by atoms with Gasteiger partial charge in [0.15, 0.2) is 0 Å². The molecule has 2 aromatic rings. The van der Waals surface area contributed by atoms with Crippen molar-refractivity contribution in [2.24, 2.45) is 10.9 Å². The molecular formula is C21H26BrF2N5O3SSi. The van der Waals surface area contributed by atoms with Gasteiger partial charge in [-0.3, -0.25) is 5.32 Å². The molecule has 184 valence electrons. The second-order valence-corrected chi connectivity index (χ2v) is 17.4. The third kappa shape index (κ3) is 5.07. The molecule has 2 N–H and O–H groups in total. The number of H-pyrrole nitrogens is 1. The Morgan fingerprint density at radius 3 is 2.88 bits per heavy atom. The number of carbonyl (C=O) groups is 1. The molecule has 3 atom stereocenters. The third-order valence-corrected chi connectivity index (χ3v) is 9.56. The molecule has 2 heterocycles. The van der Waals surface area contributed by atoms with Gasteiger partial charge < -0.3 is 9.47 Å². The van der Waals surface area contributed by atoms with Gasteiger partial charge in [-0.2, -0.15) is 15.4 Å². The molecule has 1 aromatic heterocycles. The standard InChI is InChI=1S/C21H26BrF2N5O3SSi/c1-34(2,3)7-6-31-12-25-18(30)32-19-27-20(11-23,14-8-13(22)4-5-15(14)24)16-9-21(16,33-19)17-10-26-29-28-17/h4-5,8,10,16H,6-7,9,11-12H2,1-3H3,(H,25,30)(H,26,28,29)/t16-,20+,21-/m0/s1. The molecule has 1 amide bonds. The summed E-state index contributed by atoms with van der Waals surface area (Å²) in [6.07, 6.45) is 1.23. The predicted octanol–water partition coefficient (Wildman–Crippen LogP) is 4.93. The quantitative estimate of drug-likeness (QED) is 0.264. The highest BCUT2D eigenvalue weighted by molar-refractivity contribution is 9.10. The number of ether oxygens (including phenoxy) is 2. The lowest BCUT2D eigenvalue weighted by Gasteiger charge is -2.34. The van der Waals surface area contributed by atoms with Crippen molar-refractivity contribution in [3.8, 4) is 0 Å². The van der Waals surface area contributed by atoms with Crippen LogP contribution >= 0.6 is 27.7 Å². The Labute approximate surface area is 209 Å². The van der Waals surface area contributed by atoms with E-state index in [-0.39, 0.29) is 17.5 Å². The Hall–Kier alpha value is -1.83. The predicted molar refractivity (Wildman–Crippen MR) is 132 cm³/mol. The van der Waals surface area contributed by atoms with Crippen LogP contribution in [0.1, 0.15) is 17.7 Å². The summed E-state index contributed by atoms with van der Waals surface area (Å²) in [7, 11) is -1.24. The van der Waals surface area contributed by atoms with Crippen molar-refractivity contribution in [2.45, 2.75) is 42.4 Å². The molecule has 34 heavy (non-hydrogen) atoms. The van der Waals surface area contributed by atoms with Gasteiger partial charge in [0.25, 0.3) is 5.23 Å². The third-order valence-electron chi connectivity index (χ3n) is 5.99. The minimum atomic E-state index is -1.57. The number of aromatic amines is 1. The number of halogens is 3. The SMILES string of the molecule is C[Si](C)(C)CCOCNC(=O)OC1=N[C@](CF)(c2cc(Br)ccc2F)[C@@H]2C[C@]2(c2cn[nH]n2)S1. The smallest absolute Gasteiger partial charge is 0.385 e. The lowest BCUT2D eigenvalue weighted by Crippen LogP contribution is -2.39. The van der Waals surface area contributed by atoms with Crippen LogP contribution in [0.5, 0.6) is 0 Å². The number of thioether (sulfide) groups is 1. The van der Waals surface area contributed by atoms with Crippen molar-refractivity contribution in [2.75, 3.05) is 20.0 Å². The summed E-state index contributed by atoms with van der Waals surface area (Å²) >= 11 is 4.51. The number of nitrogens with one attached hydrogen (secondary N) is 2. The zero-order valence-electron chi connectivity index (χ0n) is 19.0. The average Bonchev–Trinajstić information content (AvgIpc) is 3.25. The van der Waals surface area contributed by atoms with Crippen LogP contribution in [0.3, 0.4) is 0 Å². The zero-order chi connectivity index (χ0) is 24.6. The number of alkyl carbamates (subject to hydrolysis) is 1. The number of amides is 1. The van der Waals surface area contributed by atoms with Crippen LogP contribution in [0.15, 0.2) is 33.9 Å². The van der Waals surface area contributed by atoms with Gasteiger partial charge in [-0.25, -0.2) is 18.6 Å². The Morgan fingerprint density at radius 1 is 1.41 bits per heavy atom. The van der Waals surface area contributed by atoms with E-state index in [1.54, 1.807) is 6.20 Å². The molecule has 1 fully saturated rings. The topological polar surface area (TPSA) is 101 Å². The van der Waals surface area contributed by atoms with Crippen LogP contribution in [0.25, 0.3) is 0 Å². The van der Waals surface area contributed by atoms with Gasteiger partial charge >= 0.3 is 6.09 Å². The van der Waals surface area contributed by atoms with Gasteiger partial charge in [0.05, 0.1) is 16.6 Å². The molecule has 0 saturated heterocycles. The summed E-state index contributed by atoms with van der Waals surface area (Å²) in [4.78, 5) is 16.9. The lowest BCUT2D eigenvalue weighted by atomic mass is 9.84. The lowest BCUT2D eigenvalue weighted by molar-refractivity contribution is 0.120. The number of alkyl halides is 1. The largest absolute Gasteiger partial charge is 0.416 e. The highest BCUT2D eigenvalue weighted by atomic mass is 79.9. The summed E-state index contributed by atoms with van der Waals surface area (Å²) in [5.74, 6) is -0.985. The number of hydrogen-bond donors (Lipinski definition) is 2. The van der Waals surface area contributed by atoms with Crippen LogP contribution in [0.2, 0.25) is 25.7 Å². The summed E-state index contributed by atoms with van der Waals surface area (Å²) in [6, 6.07) is 5.28. The first kappa shape index (κ1) is 25.3. The fraction of sp³-hybridized carbons (Fsp3) is 0.524. The van der Waals surface area contributed by atoms with Crippen molar-refractivity contribution >= 4 is 47.1 Å². The monoisotopic (exact) mass is 573 g/mol. The summed E-state index contributed by atoms with van der Waals surface area (Å²) in [5.41, 5.74) is -0.903. The van der Waals surface area contributed by atoms with E-state index in [1.165, 1.54) is 30.0 Å². The maximum atomic E-state index is 14.9. The van der Waals surface area contributed by atoms with Crippen molar-refractivity contribution < 1.29 is 23.0 Å². The highest BCUT2D eigenvalue weighted by Gasteiger charge is 2.71. The van der Waals surface area contributed by atoms with Crippen molar-refractivity contribution in [1.82, 2.24) is 20.7 Å². The van der Waals surface area contributed by atoms with E-state index >= 15 is 0 Å². The second-order valence-electron chi connectivity index (χ2n) is 9.59. The van der Waals surface area contributed by atoms with Crippen LogP contribution < -0.4 is 5.32 Å². The van der Waals surface area contributed by atoms with Crippen molar-refractivity contribution in [3.05, 3.63) is 45.9 Å². The summed E-state index contributed by atoms with van der Waals surface area (Å²) < 4.78 is 40.5. The van der Waals surface area contributed by atoms with E-state index in [4.69, 9.17) is 9.47 Å². The highest BCUT2D eigenvalue weighted by Crippen LogP contribution is 2.71. The molecule has 0 radical (unpaired) electrons. The normalized spacial score (nSPS) is 25.9. The van der Waals surface area contributed by atoms with Crippen LogP contribution in [-0.2, 0) is 19.8 Å². The van der Waals surface area contributed by atoms with E-state index in [0.29, 0.717) is 23.2 Å². The Kier molecular flexibility index (Phi) is 7.18. The van der Waals surface area contributed by atoms with Gasteiger partial charge in [0.1, 0.15) is 24.8 Å². The first-order valence-electron chi connectivity index (χ1n) is 10.8. The molecule has 0 bridgehead atoms. The number of rotatable bonds is 8. The van der Waals surface area contributed by atoms with Gasteiger partial charge in [-0.05, 0) is 30.7 Å². The molecule has 1 saturated carbocycles. The molecular weight excluding hydrogens is 548 g/mol. The fourth-order valence-electron chi connectivity index (χ4n) is 4.06. The number of benzene rings is 1. The number of nitrogens with zero attached hydrogens (tertiary/aromatic N) is 3. The van der Waals surface area contributed by atoms with Gasteiger partial charge in [-0.1, -0.05) is 47.3 Å². The second kappa shape index (κ2) is 9.67.